The summed E-state index contributed by atoms with van der Waals surface area (Å²) >= 11 is 5.38. The van der Waals surface area contributed by atoms with Gasteiger partial charge in [-0.25, -0.2) is 5.01 Å². The highest BCUT2D eigenvalue weighted by Gasteiger charge is 2.33. The highest BCUT2D eigenvalue weighted by Crippen LogP contribution is 2.33. The minimum atomic E-state index is -0.0309. The fourth-order valence-corrected chi connectivity index (χ4v) is 2.54. The Kier molecular flexibility index (Phi) is 3.56. The van der Waals surface area contributed by atoms with Crippen LogP contribution < -0.4 is 5.32 Å². The lowest BCUT2D eigenvalue weighted by molar-refractivity contribution is 0.311. The first kappa shape index (κ1) is 12.9. The Labute approximate surface area is 122 Å². The van der Waals surface area contributed by atoms with Crippen LogP contribution in [0.4, 0.5) is 0 Å². The summed E-state index contributed by atoms with van der Waals surface area (Å²) < 4.78 is 10.9. The van der Waals surface area contributed by atoms with Crippen molar-refractivity contribution in [2.75, 3.05) is 6.54 Å². The molecule has 1 aliphatic heterocycles. The van der Waals surface area contributed by atoms with Gasteiger partial charge < -0.3 is 14.2 Å². The smallest absolute Gasteiger partial charge is 0.190 e. The van der Waals surface area contributed by atoms with Gasteiger partial charge in [-0.2, -0.15) is 5.10 Å². The third-order valence-electron chi connectivity index (χ3n) is 3.12. The number of furan rings is 2. The van der Waals surface area contributed by atoms with Crippen LogP contribution >= 0.6 is 12.2 Å². The zero-order valence-electron chi connectivity index (χ0n) is 11.1. The van der Waals surface area contributed by atoms with E-state index in [-0.39, 0.29) is 6.04 Å². The molecule has 20 heavy (non-hydrogen) atoms. The van der Waals surface area contributed by atoms with E-state index in [9.17, 15) is 0 Å². The fourth-order valence-electron chi connectivity index (χ4n) is 2.22. The van der Waals surface area contributed by atoms with Gasteiger partial charge in [0.1, 0.15) is 23.3 Å². The van der Waals surface area contributed by atoms with Crippen molar-refractivity contribution < 1.29 is 8.83 Å². The Balaban J connectivity index is 1.90. The van der Waals surface area contributed by atoms with Crippen LogP contribution in [0.15, 0.2) is 50.7 Å². The third-order valence-corrected chi connectivity index (χ3v) is 3.46. The zero-order chi connectivity index (χ0) is 13.9. The molecule has 1 N–H and O–H groups in total. The maximum absolute atomic E-state index is 5.51. The lowest BCUT2D eigenvalue weighted by Gasteiger charge is -2.22. The summed E-state index contributed by atoms with van der Waals surface area (Å²) in [6, 6.07) is 7.53. The van der Waals surface area contributed by atoms with Crippen LogP contribution in [0.2, 0.25) is 0 Å². The third kappa shape index (κ3) is 2.34. The molecule has 0 bridgehead atoms. The van der Waals surface area contributed by atoms with Crippen molar-refractivity contribution >= 4 is 23.0 Å². The van der Waals surface area contributed by atoms with Gasteiger partial charge in [-0.3, -0.25) is 0 Å². The topological polar surface area (TPSA) is 53.9 Å². The SMILES string of the molecule is CCNC(=S)N1N=C(c2ccco2)C[C@@H]1c1ccco1. The van der Waals surface area contributed by atoms with Gasteiger partial charge in [0.15, 0.2) is 5.11 Å². The molecule has 1 aliphatic rings. The first-order valence-electron chi connectivity index (χ1n) is 6.51. The van der Waals surface area contributed by atoms with Crippen molar-refractivity contribution in [2.45, 2.75) is 19.4 Å². The summed E-state index contributed by atoms with van der Waals surface area (Å²) in [6.07, 6.45) is 4.01. The summed E-state index contributed by atoms with van der Waals surface area (Å²) in [5, 5.41) is 10.1. The summed E-state index contributed by atoms with van der Waals surface area (Å²) in [6.45, 7) is 2.76. The lowest BCUT2D eigenvalue weighted by atomic mass is 10.1. The van der Waals surface area contributed by atoms with Gasteiger partial charge in [0, 0.05) is 13.0 Å². The molecule has 0 saturated carbocycles. The van der Waals surface area contributed by atoms with E-state index in [2.05, 4.69) is 10.4 Å². The Morgan fingerprint density at radius 2 is 2.20 bits per heavy atom. The summed E-state index contributed by atoms with van der Waals surface area (Å²) in [7, 11) is 0. The number of thiocarbonyl (C=S) groups is 1. The lowest BCUT2D eigenvalue weighted by Crippen LogP contribution is -2.36. The Morgan fingerprint density at radius 1 is 1.40 bits per heavy atom. The zero-order valence-corrected chi connectivity index (χ0v) is 11.9. The van der Waals surface area contributed by atoms with E-state index in [0.717, 1.165) is 23.8 Å². The van der Waals surface area contributed by atoms with Crippen LogP contribution in [-0.4, -0.2) is 22.4 Å². The summed E-state index contributed by atoms with van der Waals surface area (Å²) in [4.78, 5) is 0. The highest BCUT2D eigenvalue weighted by atomic mass is 32.1. The van der Waals surface area contributed by atoms with Crippen molar-refractivity contribution in [3.05, 3.63) is 48.3 Å². The van der Waals surface area contributed by atoms with Crippen LogP contribution in [-0.2, 0) is 0 Å². The van der Waals surface area contributed by atoms with Crippen LogP contribution in [0, 0.1) is 0 Å². The number of hydrogen-bond acceptors (Lipinski definition) is 4. The van der Waals surface area contributed by atoms with Gasteiger partial charge >= 0.3 is 0 Å². The molecule has 0 spiro atoms. The Morgan fingerprint density at radius 3 is 2.85 bits per heavy atom. The molecular formula is C14H15N3O2S. The summed E-state index contributed by atoms with van der Waals surface area (Å²) in [5.74, 6) is 1.61. The van der Waals surface area contributed by atoms with Gasteiger partial charge in [-0.1, -0.05) is 0 Å². The first-order valence-corrected chi connectivity index (χ1v) is 6.92. The number of nitrogens with zero attached hydrogens (tertiary/aromatic N) is 2. The second-order valence-electron chi connectivity index (χ2n) is 4.44. The normalized spacial score (nSPS) is 18.1. The average molecular weight is 289 g/mol. The van der Waals surface area contributed by atoms with Gasteiger partial charge in [0.25, 0.3) is 0 Å². The predicted molar refractivity (Wildman–Crippen MR) is 79.4 cm³/mol. The molecule has 1 atom stereocenters. The largest absolute Gasteiger partial charge is 0.467 e. The Bertz CT molecular complexity index is 604. The van der Waals surface area contributed by atoms with Crippen molar-refractivity contribution in [1.82, 2.24) is 10.3 Å². The van der Waals surface area contributed by atoms with Gasteiger partial charge in [-0.15, -0.1) is 0 Å². The average Bonchev–Trinajstić information content (AvgIpc) is 3.19. The predicted octanol–water partition coefficient (Wildman–Crippen LogP) is 2.92. The molecule has 0 fully saturated rings. The van der Waals surface area contributed by atoms with E-state index in [1.165, 1.54) is 0 Å². The molecule has 0 aliphatic carbocycles. The number of nitrogens with one attached hydrogen (secondary N) is 1. The maximum atomic E-state index is 5.51. The van der Waals surface area contributed by atoms with E-state index in [1.54, 1.807) is 17.5 Å². The highest BCUT2D eigenvalue weighted by molar-refractivity contribution is 7.80. The van der Waals surface area contributed by atoms with E-state index in [4.69, 9.17) is 21.1 Å². The number of hydrogen-bond donors (Lipinski definition) is 1. The number of rotatable bonds is 3. The summed E-state index contributed by atoms with van der Waals surface area (Å²) in [5.41, 5.74) is 0.872. The van der Waals surface area contributed by atoms with Crippen LogP contribution in [0.5, 0.6) is 0 Å². The van der Waals surface area contributed by atoms with Crippen molar-refractivity contribution in [2.24, 2.45) is 5.10 Å². The van der Waals surface area contributed by atoms with Crippen molar-refractivity contribution in [3.63, 3.8) is 0 Å². The molecule has 2 aromatic rings. The van der Waals surface area contributed by atoms with Crippen molar-refractivity contribution in [3.8, 4) is 0 Å². The monoisotopic (exact) mass is 289 g/mol. The van der Waals surface area contributed by atoms with E-state index in [1.807, 2.05) is 31.2 Å². The van der Waals surface area contributed by atoms with Gasteiger partial charge in [-0.05, 0) is 43.4 Å². The molecule has 0 radical (unpaired) electrons. The fraction of sp³-hybridized carbons (Fsp3) is 0.286. The maximum Gasteiger partial charge on any atom is 0.190 e. The minimum Gasteiger partial charge on any atom is -0.467 e. The van der Waals surface area contributed by atoms with Crippen LogP contribution in [0.25, 0.3) is 0 Å². The van der Waals surface area contributed by atoms with Gasteiger partial charge in [0.2, 0.25) is 0 Å². The molecule has 6 heteroatoms. The molecule has 0 amide bonds. The standard InChI is InChI=1S/C14H15N3O2S/c1-2-15-14(20)17-11(13-6-4-8-19-13)9-10(16-17)12-5-3-7-18-12/h3-8,11H,2,9H2,1H3,(H,15,20)/t11-/m1/s1. The Hall–Kier alpha value is -2.08. The quantitative estimate of drug-likeness (QED) is 0.880. The van der Waals surface area contributed by atoms with Crippen LogP contribution in [0.3, 0.4) is 0 Å². The molecule has 3 heterocycles. The van der Waals surface area contributed by atoms with E-state index >= 15 is 0 Å². The molecule has 0 unspecified atom stereocenters. The molecular weight excluding hydrogens is 274 g/mol. The molecule has 2 aromatic heterocycles. The molecule has 104 valence electrons. The molecule has 5 nitrogen and oxygen atoms in total. The van der Waals surface area contributed by atoms with E-state index < -0.39 is 0 Å². The first-order chi connectivity index (χ1) is 9.79. The minimum absolute atomic E-state index is 0.0309. The molecule has 0 aromatic carbocycles. The molecule has 0 saturated heterocycles. The molecule has 3 rings (SSSR count). The van der Waals surface area contributed by atoms with E-state index in [0.29, 0.717) is 11.5 Å². The number of hydrazone groups is 1. The van der Waals surface area contributed by atoms with Crippen molar-refractivity contribution in [1.29, 1.82) is 0 Å². The van der Waals surface area contributed by atoms with Crippen LogP contribution in [0.1, 0.15) is 30.9 Å². The second kappa shape index (κ2) is 5.50. The second-order valence-corrected chi connectivity index (χ2v) is 4.83. The van der Waals surface area contributed by atoms with Gasteiger partial charge in [0.05, 0.1) is 12.5 Å².